The van der Waals surface area contributed by atoms with Crippen molar-refractivity contribution in [2.24, 2.45) is 0 Å². The van der Waals surface area contributed by atoms with Crippen molar-refractivity contribution in [2.45, 2.75) is 12.3 Å². The molecule has 0 spiro atoms. The van der Waals surface area contributed by atoms with Crippen molar-refractivity contribution in [3.8, 4) is 0 Å². The van der Waals surface area contributed by atoms with Crippen LogP contribution >= 0.6 is 0 Å². The van der Waals surface area contributed by atoms with E-state index in [1.807, 2.05) is 55.6 Å². The van der Waals surface area contributed by atoms with Gasteiger partial charge >= 0.3 is 0 Å². The third-order valence-corrected chi connectivity index (χ3v) is 6.13. The molecular weight excluding hydrogens is 394 g/mol. The number of benzene rings is 2. The van der Waals surface area contributed by atoms with Crippen molar-refractivity contribution in [1.82, 2.24) is 4.90 Å². The first-order valence-electron chi connectivity index (χ1n) is 10.6. The Balaban J connectivity index is 1.49. The molecule has 1 fully saturated rings. The first-order valence-corrected chi connectivity index (χ1v) is 10.6. The van der Waals surface area contributed by atoms with Gasteiger partial charge in [-0.1, -0.05) is 30.3 Å². The highest BCUT2D eigenvalue weighted by Crippen LogP contribution is 2.37. The van der Waals surface area contributed by atoms with E-state index in [0.29, 0.717) is 44.0 Å². The predicted octanol–water partition coefficient (Wildman–Crippen LogP) is 3.47. The second-order valence-corrected chi connectivity index (χ2v) is 8.02. The minimum absolute atomic E-state index is 0.122. The minimum atomic E-state index is -0.285. The van der Waals surface area contributed by atoms with Crippen molar-refractivity contribution in [2.75, 3.05) is 50.1 Å². The van der Waals surface area contributed by atoms with Crippen molar-refractivity contribution < 1.29 is 18.7 Å². The van der Waals surface area contributed by atoms with Crippen LogP contribution in [-0.4, -0.2) is 56.6 Å². The Morgan fingerprint density at radius 3 is 2.58 bits per heavy atom. The third kappa shape index (κ3) is 3.55. The lowest BCUT2D eigenvalue weighted by Gasteiger charge is -2.32. The highest BCUT2D eigenvalue weighted by Gasteiger charge is 2.32. The van der Waals surface area contributed by atoms with Gasteiger partial charge in [0.1, 0.15) is 11.3 Å². The van der Waals surface area contributed by atoms with Crippen LogP contribution in [0.2, 0.25) is 0 Å². The van der Waals surface area contributed by atoms with Gasteiger partial charge in [-0.15, -0.1) is 0 Å². The first kappa shape index (κ1) is 19.6. The Hall–Kier alpha value is -3.32. The van der Waals surface area contributed by atoms with E-state index in [2.05, 4.69) is 10.2 Å². The zero-order chi connectivity index (χ0) is 21.4. The van der Waals surface area contributed by atoms with Crippen molar-refractivity contribution in [3.63, 3.8) is 0 Å². The summed E-state index contributed by atoms with van der Waals surface area (Å²) in [6.45, 7) is 2.80. The van der Waals surface area contributed by atoms with Crippen LogP contribution < -0.4 is 10.2 Å². The van der Waals surface area contributed by atoms with Gasteiger partial charge in [-0.05, 0) is 30.2 Å². The third-order valence-electron chi connectivity index (χ3n) is 6.13. The molecule has 1 N–H and O–H groups in total. The summed E-state index contributed by atoms with van der Waals surface area (Å²) in [5.74, 6) is -0.452. The number of carbonyl (C=O) groups excluding carboxylic acids is 2. The summed E-state index contributed by atoms with van der Waals surface area (Å²) >= 11 is 0. The van der Waals surface area contributed by atoms with Crippen LogP contribution in [0.5, 0.6) is 0 Å². The number of amides is 2. The molecule has 0 bridgehead atoms. The fraction of sp³-hybridized carbons (Fsp3) is 0.333. The topological polar surface area (TPSA) is 75.0 Å². The maximum Gasteiger partial charge on any atom is 0.291 e. The molecule has 7 heteroatoms. The number of hydrogen-bond donors (Lipinski definition) is 1. The molecule has 7 nitrogen and oxygen atoms in total. The average Bonchev–Trinajstić information content (AvgIpc) is 3.18. The molecule has 5 rings (SSSR count). The number of nitrogens with zero attached hydrogens (tertiary/aromatic N) is 2. The molecule has 2 aromatic carbocycles. The number of furan rings is 1. The second kappa shape index (κ2) is 8.07. The minimum Gasteiger partial charge on any atom is -0.449 e. The monoisotopic (exact) mass is 419 g/mol. The second-order valence-electron chi connectivity index (χ2n) is 8.02. The normalized spacial score (nSPS) is 18.7. The molecule has 0 saturated carbocycles. The Bertz CT molecular complexity index is 1130. The molecule has 160 valence electrons. The van der Waals surface area contributed by atoms with Gasteiger partial charge in [0.25, 0.3) is 5.91 Å². The van der Waals surface area contributed by atoms with Crippen LogP contribution in [-0.2, 0) is 9.53 Å². The van der Waals surface area contributed by atoms with E-state index in [-0.39, 0.29) is 23.5 Å². The summed E-state index contributed by atoms with van der Waals surface area (Å²) in [4.78, 5) is 30.5. The molecule has 1 unspecified atom stereocenters. The number of fused-ring (bicyclic) bond motifs is 2. The predicted molar refractivity (Wildman–Crippen MR) is 119 cm³/mol. The van der Waals surface area contributed by atoms with Crippen LogP contribution in [0.4, 0.5) is 11.4 Å². The van der Waals surface area contributed by atoms with Crippen LogP contribution in [0.15, 0.2) is 52.9 Å². The van der Waals surface area contributed by atoms with Crippen molar-refractivity contribution >= 4 is 34.2 Å². The molecule has 2 aliphatic rings. The van der Waals surface area contributed by atoms with Gasteiger partial charge in [0, 0.05) is 37.8 Å². The largest absolute Gasteiger partial charge is 0.449 e. The summed E-state index contributed by atoms with van der Waals surface area (Å²) in [7, 11) is 2.04. The number of morpholine rings is 1. The van der Waals surface area contributed by atoms with Gasteiger partial charge in [-0.25, -0.2) is 0 Å². The molecule has 3 heterocycles. The van der Waals surface area contributed by atoms with Crippen LogP contribution in [0.25, 0.3) is 11.0 Å². The fourth-order valence-corrected chi connectivity index (χ4v) is 4.44. The number of hydrogen-bond acceptors (Lipinski definition) is 5. The Kier molecular flexibility index (Phi) is 5.11. The van der Waals surface area contributed by atoms with Gasteiger partial charge in [0.15, 0.2) is 0 Å². The molecule has 0 radical (unpaired) electrons. The van der Waals surface area contributed by atoms with E-state index < -0.39 is 0 Å². The number of rotatable bonds is 3. The molecular formula is C24H25N3O4. The number of para-hydroxylation sites is 2. The molecule has 1 atom stereocenters. The fourth-order valence-electron chi connectivity index (χ4n) is 4.44. The molecule has 3 aromatic rings. The summed E-state index contributed by atoms with van der Waals surface area (Å²) in [5, 5.41) is 3.78. The first-order chi connectivity index (χ1) is 15.1. The molecule has 2 aliphatic heterocycles. The highest BCUT2D eigenvalue weighted by atomic mass is 16.5. The molecule has 0 aliphatic carbocycles. The van der Waals surface area contributed by atoms with E-state index in [0.717, 1.165) is 23.2 Å². The van der Waals surface area contributed by atoms with Crippen LogP contribution in [0.1, 0.15) is 28.5 Å². The number of anilines is 2. The number of ether oxygens (including phenoxy) is 1. The maximum absolute atomic E-state index is 13.4. The van der Waals surface area contributed by atoms with Gasteiger partial charge in [0.2, 0.25) is 11.7 Å². The molecule has 1 aromatic heterocycles. The van der Waals surface area contributed by atoms with Crippen LogP contribution in [0, 0.1) is 0 Å². The molecule has 2 amide bonds. The van der Waals surface area contributed by atoms with E-state index in [1.54, 1.807) is 4.90 Å². The van der Waals surface area contributed by atoms with Crippen LogP contribution in [0.3, 0.4) is 0 Å². The molecule has 1 saturated heterocycles. The summed E-state index contributed by atoms with van der Waals surface area (Å²) < 4.78 is 11.3. The lowest BCUT2D eigenvalue weighted by Crippen LogP contribution is -2.41. The molecule has 31 heavy (non-hydrogen) atoms. The zero-order valence-corrected chi connectivity index (χ0v) is 17.5. The zero-order valence-electron chi connectivity index (χ0n) is 17.5. The summed E-state index contributed by atoms with van der Waals surface area (Å²) in [6, 6.07) is 15.4. The Morgan fingerprint density at radius 1 is 1.00 bits per heavy atom. The lowest BCUT2D eigenvalue weighted by atomic mass is 9.89. The SMILES string of the molecule is CN1CCC(C(=O)Nc2c(C(=O)N3CCOCC3)oc3ccccc23)c2ccccc21. The van der Waals surface area contributed by atoms with Gasteiger partial charge < -0.3 is 24.3 Å². The van der Waals surface area contributed by atoms with Gasteiger partial charge in [-0.2, -0.15) is 0 Å². The Labute approximate surface area is 180 Å². The van der Waals surface area contributed by atoms with Crippen molar-refractivity contribution in [1.29, 1.82) is 0 Å². The number of carbonyl (C=O) groups is 2. The summed E-state index contributed by atoms with van der Waals surface area (Å²) in [6.07, 6.45) is 0.710. The maximum atomic E-state index is 13.4. The highest BCUT2D eigenvalue weighted by molar-refractivity contribution is 6.12. The Morgan fingerprint density at radius 2 is 1.74 bits per heavy atom. The van der Waals surface area contributed by atoms with E-state index in [4.69, 9.17) is 9.15 Å². The standard InChI is InChI=1S/C24H25N3O4/c1-26-11-10-17(16-6-2-4-8-19(16)26)23(28)25-21-18-7-3-5-9-20(18)31-22(21)24(29)27-12-14-30-15-13-27/h2-9,17H,10-15H2,1H3,(H,25,28). The lowest BCUT2D eigenvalue weighted by molar-refractivity contribution is -0.117. The number of nitrogens with one attached hydrogen (secondary N) is 1. The average molecular weight is 419 g/mol. The van der Waals surface area contributed by atoms with Gasteiger partial charge in [0.05, 0.1) is 19.1 Å². The van der Waals surface area contributed by atoms with Crippen molar-refractivity contribution in [3.05, 3.63) is 59.9 Å². The summed E-state index contributed by atoms with van der Waals surface area (Å²) in [5.41, 5.74) is 3.10. The van der Waals surface area contributed by atoms with Gasteiger partial charge in [-0.3, -0.25) is 9.59 Å². The van der Waals surface area contributed by atoms with E-state index in [9.17, 15) is 9.59 Å². The smallest absolute Gasteiger partial charge is 0.291 e. The van der Waals surface area contributed by atoms with E-state index >= 15 is 0 Å². The van der Waals surface area contributed by atoms with E-state index in [1.165, 1.54) is 0 Å². The quantitative estimate of drug-likeness (QED) is 0.704.